The summed E-state index contributed by atoms with van der Waals surface area (Å²) in [4.78, 5) is 16.1. The lowest BCUT2D eigenvalue weighted by Crippen LogP contribution is -2.43. The number of nitrogens with one attached hydrogen (secondary N) is 1. The van der Waals surface area contributed by atoms with Crippen molar-refractivity contribution in [2.24, 2.45) is 0 Å². The lowest BCUT2D eigenvalue weighted by Gasteiger charge is -2.33. The van der Waals surface area contributed by atoms with Crippen LogP contribution in [0.4, 0.5) is 0 Å². The van der Waals surface area contributed by atoms with Crippen molar-refractivity contribution in [2.75, 3.05) is 32.8 Å². The van der Waals surface area contributed by atoms with E-state index in [-0.39, 0.29) is 11.9 Å². The summed E-state index contributed by atoms with van der Waals surface area (Å²) < 4.78 is 11.4. The molecule has 5 nitrogen and oxygen atoms in total. The molecule has 1 aliphatic carbocycles. The van der Waals surface area contributed by atoms with Gasteiger partial charge >= 0.3 is 0 Å². The van der Waals surface area contributed by atoms with Crippen LogP contribution < -0.4 is 5.32 Å². The number of fused-ring (bicyclic) bond motifs is 1. The van der Waals surface area contributed by atoms with Gasteiger partial charge in [-0.15, -0.1) is 11.3 Å². The number of hydrogen-bond acceptors (Lipinski definition) is 5. The van der Waals surface area contributed by atoms with Gasteiger partial charge in [-0.1, -0.05) is 0 Å². The molecule has 0 aromatic carbocycles. The van der Waals surface area contributed by atoms with Crippen LogP contribution in [-0.2, 0) is 17.6 Å². The molecular weight excluding hydrogens is 348 g/mol. The van der Waals surface area contributed by atoms with Crippen LogP contribution in [0, 0.1) is 6.92 Å². The lowest BCUT2D eigenvalue weighted by molar-refractivity contribution is 0.0117. The van der Waals surface area contributed by atoms with Crippen LogP contribution in [0.15, 0.2) is 21.9 Å². The largest absolute Gasteiger partial charge is 0.465 e. The van der Waals surface area contributed by atoms with Crippen LogP contribution >= 0.6 is 11.3 Å². The van der Waals surface area contributed by atoms with Crippen molar-refractivity contribution in [1.29, 1.82) is 0 Å². The third-order valence-electron chi connectivity index (χ3n) is 5.34. The summed E-state index contributed by atoms with van der Waals surface area (Å²) in [7, 11) is 0. The number of furan rings is 1. The normalized spacial score (nSPS) is 19.1. The van der Waals surface area contributed by atoms with E-state index in [1.807, 2.05) is 19.1 Å². The first-order chi connectivity index (χ1) is 12.7. The third-order valence-corrected chi connectivity index (χ3v) is 6.41. The summed E-state index contributed by atoms with van der Waals surface area (Å²) >= 11 is 1.59. The number of ether oxygens (including phenoxy) is 1. The summed E-state index contributed by atoms with van der Waals surface area (Å²) in [6.07, 6.45) is 4.57. The molecule has 1 amide bonds. The van der Waals surface area contributed by atoms with Gasteiger partial charge in [0, 0.05) is 19.6 Å². The van der Waals surface area contributed by atoms with Gasteiger partial charge in [0.2, 0.25) is 0 Å². The fourth-order valence-corrected chi connectivity index (χ4v) is 4.99. The molecule has 0 unspecified atom stereocenters. The number of aryl methyl sites for hydroxylation is 2. The molecular formula is C20H26N2O3S. The predicted molar refractivity (Wildman–Crippen MR) is 102 cm³/mol. The molecule has 0 spiro atoms. The quantitative estimate of drug-likeness (QED) is 0.872. The number of rotatable bonds is 5. The highest BCUT2D eigenvalue weighted by molar-refractivity contribution is 7.12. The molecule has 140 valence electrons. The average Bonchev–Trinajstić information content (AvgIpc) is 3.29. The molecule has 2 aromatic heterocycles. The average molecular weight is 375 g/mol. The number of morpholine rings is 1. The van der Waals surface area contributed by atoms with Gasteiger partial charge in [0.05, 0.1) is 24.1 Å². The molecule has 0 saturated carbocycles. The molecule has 1 aliphatic heterocycles. The highest BCUT2D eigenvalue weighted by atomic mass is 32.1. The molecule has 0 radical (unpaired) electrons. The van der Waals surface area contributed by atoms with Gasteiger partial charge in [-0.2, -0.15) is 0 Å². The Kier molecular flexibility index (Phi) is 5.43. The highest BCUT2D eigenvalue weighted by Crippen LogP contribution is 2.30. The van der Waals surface area contributed by atoms with E-state index in [0.717, 1.165) is 55.5 Å². The molecule has 4 rings (SSSR count). The van der Waals surface area contributed by atoms with Gasteiger partial charge in [-0.05, 0) is 61.2 Å². The van der Waals surface area contributed by atoms with E-state index in [1.165, 1.54) is 24.0 Å². The number of hydrogen-bond donors (Lipinski definition) is 1. The van der Waals surface area contributed by atoms with Crippen LogP contribution in [-0.4, -0.2) is 43.7 Å². The fourth-order valence-electron chi connectivity index (χ4n) is 3.91. The molecule has 1 fully saturated rings. The second kappa shape index (κ2) is 7.94. The van der Waals surface area contributed by atoms with E-state index in [0.29, 0.717) is 6.54 Å². The van der Waals surface area contributed by atoms with E-state index in [2.05, 4.69) is 15.6 Å². The predicted octanol–water partition coefficient (Wildman–Crippen LogP) is 3.33. The maximum absolute atomic E-state index is 12.8. The first-order valence-corrected chi connectivity index (χ1v) is 10.4. The molecule has 0 bridgehead atoms. The Hall–Kier alpha value is -1.63. The first-order valence-electron chi connectivity index (χ1n) is 9.48. The van der Waals surface area contributed by atoms with Crippen LogP contribution in [0.25, 0.3) is 0 Å². The maximum Gasteiger partial charge on any atom is 0.261 e. The zero-order chi connectivity index (χ0) is 17.9. The first kappa shape index (κ1) is 17.8. The molecule has 6 heteroatoms. The summed E-state index contributed by atoms with van der Waals surface area (Å²) in [6.45, 7) is 5.67. The van der Waals surface area contributed by atoms with E-state index >= 15 is 0 Å². The topological polar surface area (TPSA) is 54.7 Å². The fraction of sp³-hybridized carbons (Fsp3) is 0.550. The van der Waals surface area contributed by atoms with Gasteiger partial charge < -0.3 is 14.5 Å². The van der Waals surface area contributed by atoms with Crippen molar-refractivity contribution in [1.82, 2.24) is 10.2 Å². The van der Waals surface area contributed by atoms with Crippen LogP contribution in [0.5, 0.6) is 0 Å². The second-order valence-corrected chi connectivity index (χ2v) is 7.98. The maximum atomic E-state index is 12.8. The summed E-state index contributed by atoms with van der Waals surface area (Å²) in [5, 5.41) is 5.33. The SMILES string of the molecule is Cc1ccc([C@@H](CNC(=O)c2scc3c2CCCC3)N2CCOCC2)o1. The zero-order valence-electron chi connectivity index (χ0n) is 15.3. The zero-order valence-corrected chi connectivity index (χ0v) is 16.1. The molecule has 2 aromatic rings. The number of thiophene rings is 1. The van der Waals surface area contributed by atoms with E-state index in [1.54, 1.807) is 11.3 Å². The Morgan fingerprint density at radius 2 is 2.08 bits per heavy atom. The van der Waals surface area contributed by atoms with Crippen molar-refractivity contribution in [2.45, 2.75) is 38.6 Å². The van der Waals surface area contributed by atoms with Gasteiger partial charge in [0.25, 0.3) is 5.91 Å². The van der Waals surface area contributed by atoms with E-state index in [9.17, 15) is 4.79 Å². The lowest BCUT2D eigenvalue weighted by atomic mass is 9.94. The number of amides is 1. The smallest absolute Gasteiger partial charge is 0.261 e. The number of carbonyl (C=O) groups is 1. The summed E-state index contributed by atoms with van der Waals surface area (Å²) in [5.41, 5.74) is 2.65. The van der Waals surface area contributed by atoms with Crippen molar-refractivity contribution < 1.29 is 13.9 Å². The summed E-state index contributed by atoms with van der Waals surface area (Å²) in [6, 6.07) is 4.06. The molecule has 1 atom stereocenters. The van der Waals surface area contributed by atoms with Crippen molar-refractivity contribution in [3.63, 3.8) is 0 Å². The standard InChI is InChI=1S/C20H26N2O3S/c1-14-6-7-18(25-14)17(22-8-10-24-11-9-22)12-21-20(23)19-16-5-3-2-4-15(16)13-26-19/h6-7,13,17H,2-5,8-12H2,1H3,(H,21,23)/t17-/m1/s1. The summed E-state index contributed by atoms with van der Waals surface area (Å²) in [5.74, 6) is 1.87. The second-order valence-electron chi connectivity index (χ2n) is 7.10. The number of nitrogens with zero attached hydrogens (tertiary/aromatic N) is 1. The Morgan fingerprint density at radius 1 is 1.27 bits per heavy atom. The van der Waals surface area contributed by atoms with Gasteiger partial charge in [0.15, 0.2) is 0 Å². The van der Waals surface area contributed by atoms with Crippen LogP contribution in [0.3, 0.4) is 0 Å². The Labute approximate surface area is 158 Å². The minimum absolute atomic E-state index is 0.0485. The Balaban J connectivity index is 1.47. The van der Waals surface area contributed by atoms with E-state index in [4.69, 9.17) is 9.15 Å². The third kappa shape index (κ3) is 3.72. The Morgan fingerprint density at radius 3 is 2.85 bits per heavy atom. The number of carbonyl (C=O) groups excluding carboxylic acids is 1. The van der Waals surface area contributed by atoms with Crippen LogP contribution in [0.2, 0.25) is 0 Å². The Bertz CT molecular complexity index is 761. The monoisotopic (exact) mass is 374 g/mol. The minimum atomic E-state index is 0.0485. The van der Waals surface area contributed by atoms with Crippen molar-refractivity contribution in [3.05, 3.63) is 45.0 Å². The van der Waals surface area contributed by atoms with Gasteiger partial charge in [-0.25, -0.2) is 0 Å². The van der Waals surface area contributed by atoms with Gasteiger partial charge in [-0.3, -0.25) is 9.69 Å². The van der Waals surface area contributed by atoms with Crippen molar-refractivity contribution >= 4 is 17.2 Å². The molecule has 1 N–H and O–H groups in total. The molecule has 3 heterocycles. The molecule has 2 aliphatic rings. The van der Waals surface area contributed by atoms with E-state index < -0.39 is 0 Å². The molecule has 1 saturated heterocycles. The minimum Gasteiger partial charge on any atom is -0.465 e. The molecule has 26 heavy (non-hydrogen) atoms. The van der Waals surface area contributed by atoms with Gasteiger partial charge in [0.1, 0.15) is 11.5 Å². The highest BCUT2D eigenvalue weighted by Gasteiger charge is 2.27. The van der Waals surface area contributed by atoms with Crippen LogP contribution in [0.1, 0.15) is 51.2 Å². The van der Waals surface area contributed by atoms with Crippen molar-refractivity contribution in [3.8, 4) is 0 Å².